The van der Waals surface area contributed by atoms with Gasteiger partial charge in [0, 0.05) is 11.9 Å². The summed E-state index contributed by atoms with van der Waals surface area (Å²) in [5, 5.41) is 2.67. The van der Waals surface area contributed by atoms with Gasteiger partial charge >= 0.3 is 0 Å². The average Bonchev–Trinajstić information content (AvgIpc) is 3.17. The highest BCUT2D eigenvalue weighted by molar-refractivity contribution is 7.13. The van der Waals surface area contributed by atoms with Crippen molar-refractivity contribution >= 4 is 17.2 Å². The predicted molar refractivity (Wildman–Crippen MR) is 89.6 cm³/mol. The molecule has 0 aliphatic rings. The second kappa shape index (κ2) is 6.94. The molecule has 1 unspecified atom stereocenters. The molecule has 3 aromatic rings. The molecule has 124 valence electrons. The van der Waals surface area contributed by atoms with E-state index in [1.54, 1.807) is 36.4 Å². The molecule has 0 fully saturated rings. The van der Waals surface area contributed by atoms with Gasteiger partial charge in [0.1, 0.15) is 11.9 Å². The number of rotatable bonds is 6. The van der Waals surface area contributed by atoms with Crippen molar-refractivity contribution in [3.63, 3.8) is 0 Å². The number of furan rings is 1. The molecule has 1 atom stereocenters. The number of carbonyl (C=O) groups excluding carboxylic acids is 1. The number of nitrogens with zero attached hydrogens (tertiary/aromatic N) is 2. The van der Waals surface area contributed by atoms with Gasteiger partial charge in [0.2, 0.25) is 5.91 Å². The van der Waals surface area contributed by atoms with Crippen LogP contribution in [0.15, 0.2) is 52.5 Å². The third-order valence-corrected chi connectivity index (χ3v) is 4.48. The second-order valence-corrected chi connectivity index (χ2v) is 6.25. The van der Waals surface area contributed by atoms with Crippen LogP contribution in [0, 0.1) is 5.82 Å². The highest BCUT2D eigenvalue weighted by Crippen LogP contribution is 2.26. The summed E-state index contributed by atoms with van der Waals surface area (Å²) in [5.41, 5.74) is 6.83. The fourth-order valence-electron chi connectivity index (χ4n) is 2.55. The first kappa shape index (κ1) is 16.4. The lowest BCUT2D eigenvalue weighted by atomic mass is 10.0. The van der Waals surface area contributed by atoms with E-state index in [9.17, 15) is 9.18 Å². The zero-order valence-corrected chi connectivity index (χ0v) is 13.8. The fraction of sp³-hybridized carbons (Fsp3) is 0.176. The van der Waals surface area contributed by atoms with Crippen molar-refractivity contribution in [1.29, 1.82) is 0 Å². The average molecular weight is 345 g/mol. The highest BCUT2D eigenvalue weighted by Gasteiger charge is 2.24. The molecule has 2 heterocycles. The van der Waals surface area contributed by atoms with E-state index in [0.29, 0.717) is 17.9 Å². The molecule has 5 nitrogen and oxygen atoms in total. The van der Waals surface area contributed by atoms with Crippen LogP contribution >= 0.6 is 11.3 Å². The minimum absolute atomic E-state index is 0.402. The predicted octanol–water partition coefficient (Wildman–Crippen LogP) is 3.20. The van der Waals surface area contributed by atoms with Crippen LogP contribution in [0.4, 0.5) is 4.39 Å². The minimum Gasteiger partial charge on any atom is -0.462 e. The van der Waals surface area contributed by atoms with Gasteiger partial charge in [0.25, 0.3) is 0 Å². The topological polar surface area (TPSA) is 72.4 Å². The Morgan fingerprint density at radius 3 is 2.92 bits per heavy atom. The molecule has 0 aliphatic carbocycles. The van der Waals surface area contributed by atoms with Gasteiger partial charge in [0.05, 0.1) is 12.0 Å². The Morgan fingerprint density at radius 1 is 1.42 bits per heavy atom. The van der Waals surface area contributed by atoms with Gasteiger partial charge in [0.15, 0.2) is 10.8 Å². The zero-order chi connectivity index (χ0) is 17.1. The van der Waals surface area contributed by atoms with E-state index >= 15 is 0 Å². The van der Waals surface area contributed by atoms with Gasteiger partial charge in [-0.15, -0.1) is 11.3 Å². The molecule has 0 spiro atoms. The number of nitrogens with two attached hydrogens (primary N) is 1. The molecule has 0 saturated carbocycles. The van der Waals surface area contributed by atoms with Crippen molar-refractivity contribution < 1.29 is 13.6 Å². The number of amides is 1. The van der Waals surface area contributed by atoms with Crippen LogP contribution in [0.2, 0.25) is 0 Å². The van der Waals surface area contributed by atoms with E-state index in [2.05, 4.69) is 4.98 Å². The molecule has 1 aromatic carbocycles. The molecule has 0 saturated heterocycles. The SMILES string of the molecule is CN(Cc1csc(-c2ccco2)n1)C(C(N)=O)c1cccc(F)c1. The van der Waals surface area contributed by atoms with Crippen molar-refractivity contribution in [3.8, 4) is 10.8 Å². The van der Waals surface area contributed by atoms with E-state index in [1.165, 1.54) is 23.5 Å². The number of carbonyl (C=O) groups is 1. The maximum absolute atomic E-state index is 13.4. The molecule has 3 rings (SSSR count). The first-order valence-electron chi connectivity index (χ1n) is 7.28. The monoisotopic (exact) mass is 345 g/mol. The van der Waals surface area contributed by atoms with Crippen molar-refractivity contribution in [2.24, 2.45) is 5.73 Å². The van der Waals surface area contributed by atoms with Crippen molar-refractivity contribution in [2.45, 2.75) is 12.6 Å². The zero-order valence-electron chi connectivity index (χ0n) is 13.0. The first-order valence-corrected chi connectivity index (χ1v) is 8.16. The minimum atomic E-state index is -0.727. The van der Waals surface area contributed by atoms with Gasteiger partial charge in [-0.05, 0) is 36.9 Å². The molecule has 1 amide bonds. The lowest BCUT2D eigenvalue weighted by Gasteiger charge is -2.25. The van der Waals surface area contributed by atoms with Crippen LogP contribution in [-0.4, -0.2) is 22.8 Å². The van der Waals surface area contributed by atoms with Crippen LogP contribution in [0.25, 0.3) is 10.8 Å². The Labute approximate surface area is 142 Å². The van der Waals surface area contributed by atoms with Crippen LogP contribution in [0.3, 0.4) is 0 Å². The Bertz CT molecular complexity index is 832. The summed E-state index contributed by atoms with van der Waals surface area (Å²) in [5.74, 6) is -0.240. The number of hydrogen-bond acceptors (Lipinski definition) is 5. The van der Waals surface area contributed by atoms with E-state index in [-0.39, 0.29) is 0 Å². The van der Waals surface area contributed by atoms with Crippen molar-refractivity contribution in [3.05, 3.63) is 65.1 Å². The fourth-order valence-corrected chi connectivity index (χ4v) is 3.33. The second-order valence-electron chi connectivity index (χ2n) is 5.40. The summed E-state index contributed by atoms with van der Waals surface area (Å²) in [4.78, 5) is 18.1. The number of hydrogen-bond donors (Lipinski definition) is 1. The van der Waals surface area contributed by atoms with E-state index in [1.807, 2.05) is 11.4 Å². The van der Waals surface area contributed by atoms with Gasteiger partial charge in [-0.3, -0.25) is 9.69 Å². The molecule has 24 heavy (non-hydrogen) atoms. The van der Waals surface area contributed by atoms with E-state index in [4.69, 9.17) is 10.2 Å². The number of benzene rings is 1. The molecular weight excluding hydrogens is 329 g/mol. The smallest absolute Gasteiger partial charge is 0.239 e. The van der Waals surface area contributed by atoms with Gasteiger partial charge in [-0.1, -0.05) is 12.1 Å². The number of primary amides is 1. The molecular formula is C17H16FN3O2S. The third-order valence-electron chi connectivity index (χ3n) is 3.57. The van der Waals surface area contributed by atoms with Crippen LogP contribution in [-0.2, 0) is 11.3 Å². The van der Waals surface area contributed by atoms with Crippen LogP contribution in [0.5, 0.6) is 0 Å². The Balaban J connectivity index is 1.79. The van der Waals surface area contributed by atoms with Gasteiger partial charge in [-0.2, -0.15) is 0 Å². The standard InChI is InChI=1S/C17H16FN3O2S/c1-21(15(16(19)22)11-4-2-5-12(18)8-11)9-13-10-24-17(20-13)14-6-3-7-23-14/h2-8,10,15H,9H2,1H3,(H2,19,22). The first-order chi connectivity index (χ1) is 11.5. The molecule has 0 aliphatic heterocycles. The summed E-state index contributed by atoms with van der Waals surface area (Å²) in [6, 6.07) is 8.81. The Kier molecular flexibility index (Phi) is 4.73. The quantitative estimate of drug-likeness (QED) is 0.745. The number of halogens is 1. The Hall–Kier alpha value is -2.51. The third kappa shape index (κ3) is 3.52. The number of likely N-dealkylation sites (N-methyl/N-ethyl adjacent to an activating group) is 1. The maximum Gasteiger partial charge on any atom is 0.239 e. The lowest BCUT2D eigenvalue weighted by molar-refractivity contribution is -0.123. The maximum atomic E-state index is 13.4. The van der Waals surface area contributed by atoms with Crippen molar-refractivity contribution in [2.75, 3.05) is 7.05 Å². The van der Waals surface area contributed by atoms with Gasteiger partial charge in [-0.25, -0.2) is 9.37 Å². The molecule has 2 aromatic heterocycles. The number of aromatic nitrogens is 1. The van der Waals surface area contributed by atoms with Gasteiger partial charge < -0.3 is 10.2 Å². The Morgan fingerprint density at radius 2 is 2.25 bits per heavy atom. The summed E-state index contributed by atoms with van der Waals surface area (Å²) >= 11 is 1.46. The molecule has 2 N–H and O–H groups in total. The van der Waals surface area contributed by atoms with E-state index < -0.39 is 17.8 Å². The molecule has 0 radical (unpaired) electrons. The van der Waals surface area contributed by atoms with E-state index in [0.717, 1.165) is 10.7 Å². The van der Waals surface area contributed by atoms with Crippen molar-refractivity contribution in [1.82, 2.24) is 9.88 Å². The molecule has 0 bridgehead atoms. The van der Waals surface area contributed by atoms with Crippen LogP contribution in [0.1, 0.15) is 17.3 Å². The number of thiazole rings is 1. The normalized spacial score (nSPS) is 12.5. The highest BCUT2D eigenvalue weighted by atomic mass is 32.1. The summed E-state index contributed by atoms with van der Waals surface area (Å²) in [6.07, 6.45) is 1.59. The largest absolute Gasteiger partial charge is 0.462 e. The molecule has 7 heteroatoms. The summed E-state index contributed by atoms with van der Waals surface area (Å²) < 4.78 is 18.8. The van der Waals surface area contributed by atoms with Crippen LogP contribution < -0.4 is 5.73 Å². The lowest BCUT2D eigenvalue weighted by Crippen LogP contribution is -2.35. The summed E-state index contributed by atoms with van der Waals surface area (Å²) in [6.45, 7) is 0.404. The summed E-state index contributed by atoms with van der Waals surface area (Å²) in [7, 11) is 1.76.